The molecule has 0 saturated carbocycles. The third kappa shape index (κ3) is 2.84. The van der Waals surface area contributed by atoms with Gasteiger partial charge in [-0.2, -0.15) is 0 Å². The molecule has 0 fully saturated rings. The van der Waals surface area contributed by atoms with Crippen molar-refractivity contribution in [2.24, 2.45) is 0 Å². The number of pyridine rings is 1. The Morgan fingerprint density at radius 3 is 2.53 bits per heavy atom. The van der Waals surface area contributed by atoms with Crippen molar-refractivity contribution in [3.8, 4) is 0 Å². The fourth-order valence-corrected chi connectivity index (χ4v) is 1.58. The second kappa shape index (κ2) is 4.85. The summed E-state index contributed by atoms with van der Waals surface area (Å²) in [5, 5.41) is 2.98. The molecule has 88 valence electrons. The lowest BCUT2D eigenvalue weighted by Crippen LogP contribution is -1.97. The standard InChI is InChI=1S/C11H6Cl2F2N2/c12-6-3-9(15)11(16-5-6)17-10-2-1-7(14)4-8(10)13/h1-5H,(H,16,17). The van der Waals surface area contributed by atoms with Gasteiger partial charge in [0, 0.05) is 6.20 Å². The number of benzene rings is 1. The van der Waals surface area contributed by atoms with Gasteiger partial charge in [0.2, 0.25) is 0 Å². The van der Waals surface area contributed by atoms with E-state index >= 15 is 0 Å². The summed E-state index contributed by atoms with van der Waals surface area (Å²) < 4.78 is 26.2. The molecule has 1 aromatic carbocycles. The van der Waals surface area contributed by atoms with Crippen molar-refractivity contribution >= 4 is 34.7 Å². The van der Waals surface area contributed by atoms with Crippen LogP contribution in [-0.2, 0) is 0 Å². The second-order valence-electron chi connectivity index (χ2n) is 3.23. The fraction of sp³-hybridized carbons (Fsp3) is 0. The molecule has 0 bridgehead atoms. The molecular formula is C11H6Cl2F2N2. The van der Waals surface area contributed by atoms with Crippen molar-refractivity contribution in [2.45, 2.75) is 0 Å². The van der Waals surface area contributed by atoms with E-state index in [1.807, 2.05) is 0 Å². The highest BCUT2D eigenvalue weighted by molar-refractivity contribution is 6.33. The Morgan fingerprint density at radius 2 is 1.88 bits per heavy atom. The Labute approximate surface area is 106 Å². The monoisotopic (exact) mass is 274 g/mol. The van der Waals surface area contributed by atoms with Crippen molar-refractivity contribution in [1.29, 1.82) is 0 Å². The first-order valence-corrected chi connectivity index (χ1v) is 5.35. The molecule has 0 saturated heterocycles. The molecular weight excluding hydrogens is 269 g/mol. The van der Waals surface area contributed by atoms with Gasteiger partial charge >= 0.3 is 0 Å². The van der Waals surface area contributed by atoms with Crippen LogP contribution in [0.4, 0.5) is 20.3 Å². The highest BCUT2D eigenvalue weighted by atomic mass is 35.5. The topological polar surface area (TPSA) is 24.9 Å². The average Bonchev–Trinajstić information content (AvgIpc) is 2.25. The minimum absolute atomic E-state index is 0.0251. The van der Waals surface area contributed by atoms with Crippen LogP contribution in [0.2, 0.25) is 10.0 Å². The lowest BCUT2D eigenvalue weighted by atomic mass is 10.3. The zero-order valence-corrected chi connectivity index (χ0v) is 9.86. The maximum absolute atomic E-state index is 13.4. The summed E-state index contributed by atoms with van der Waals surface area (Å²) in [6.07, 6.45) is 1.30. The molecule has 17 heavy (non-hydrogen) atoms. The highest BCUT2D eigenvalue weighted by Gasteiger charge is 2.07. The molecule has 1 N–H and O–H groups in total. The summed E-state index contributed by atoms with van der Waals surface area (Å²) in [6, 6.07) is 4.85. The Balaban J connectivity index is 2.31. The molecule has 0 atom stereocenters. The van der Waals surface area contributed by atoms with E-state index < -0.39 is 11.6 Å². The van der Waals surface area contributed by atoms with Crippen molar-refractivity contribution in [1.82, 2.24) is 4.98 Å². The van der Waals surface area contributed by atoms with E-state index in [1.165, 1.54) is 18.3 Å². The first-order chi connectivity index (χ1) is 8.06. The fourth-order valence-electron chi connectivity index (χ4n) is 1.22. The Kier molecular flexibility index (Phi) is 3.45. The smallest absolute Gasteiger partial charge is 0.167 e. The SMILES string of the molecule is Fc1ccc(Nc2ncc(Cl)cc2F)c(Cl)c1. The summed E-state index contributed by atoms with van der Waals surface area (Å²) in [4.78, 5) is 3.77. The minimum atomic E-state index is -0.613. The van der Waals surface area contributed by atoms with Crippen LogP contribution in [0.15, 0.2) is 30.5 Å². The van der Waals surface area contributed by atoms with Gasteiger partial charge in [0.25, 0.3) is 0 Å². The highest BCUT2D eigenvalue weighted by Crippen LogP contribution is 2.26. The maximum atomic E-state index is 13.4. The zero-order valence-electron chi connectivity index (χ0n) is 8.35. The van der Waals surface area contributed by atoms with Gasteiger partial charge in [-0.15, -0.1) is 0 Å². The van der Waals surface area contributed by atoms with E-state index in [0.29, 0.717) is 5.69 Å². The van der Waals surface area contributed by atoms with E-state index in [4.69, 9.17) is 23.2 Å². The molecule has 0 aliphatic rings. The predicted octanol–water partition coefficient (Wildman–Crippen LogP) is 4.41. The average molecular weight is 275 g/mol. The Bertz CT molecular complexity index is 512. The summed E-state index contributed by atoms with van der Waals surface area (Å²) in [5.41, 5.74) is 0.363. The lowest BCUT2D eigenvalue weighted by Gasteiger charge is -2.08. The molecule has 1 heterocycles. The third-order valence-electron chi connectivity index (χ3n) is 1.99. The van der Waals surface area contributed by atoms with Crippen LogP contribution in [0.3, 0.4) is 0 Å². The molecule has 2 nitrogen and oxygen atoms in total. The molecule has 0 aliphatic heterocycles. The van der Waals surface area contributed by atoms with Crippen molar-refractivity contribution in [3.63, 3.8) is 0 Å². The van der Waals surface area contributed by atoms with Crippen LogP contribution in [0.5, 0.6) is 0 Å². The van der Waals surface area contributed by atoms with Crippen LogP contribution in [0.25, 0.3) is 0 Å². The largest absolute Gasteiger partial charge is 0.337 e. The minimum Gasteiger partial charge on any atom is -0.337 e. The van der Waals surface area contributed by atoms with Gasteiger partial charge in [-0.25, -0.2) is 13.8 Å². The first kappa shape index (κ1) is 12.1. The van der Waals surface area contributed by atoms with Gasteiger partial charge in [0.15, 0.2) is 11.6 Å². The van der Waals surface area contributed by atoms with Gasteiger partial charge in [0.05, 0.1) is 15.7 Å². The number of rotatable bonds is 2. The normalized spacial score (nSPS) is 10.4. The lowest BCUT2D eigenvalue weighted by molar-refractivity contribution is 0.626. The number of halogens is 4. The molecule has 6 heteroatoms. The van der Waals surface area contributed by atoms with Gasteiger partial charge in [-0.3, -0.25) is 0 Å². The van der Waals surface area contributed by atoms with Crippen LogP contribution < -0.4 is 5.32 Å². The van der Waals surface area contributed by atoms with Crippen LogP contribution in [-0.4, -0.2) is 4.98 Å². The molecule has 0 unspecified atom stereocenters. The molecule has 0 amide bonds. The van der Waals surface area contributed by atoms with E-state index in [1.54, 1.807) is 0 Å². The molecule has 2 aromatic rings. The van der Waals surface area contributed by atoms with Gasteiger partial charge in [-0.1, -0.05) is 23.2 Å². The molecule has 1 aromatic heterocycles. The Morgan fingerprint density at radius 1 is 1.12 bits per heavy atom. The molecule has 0 spiro atoms. The maximum Gasteiger partial charge on any atom is 0.167 e. The second-order valence-corrected chi connectivity index (χ2v) is 4.08. The summed E-state index contributed by atoms with van der Waals surface area (Å²) in [5.74, 6) is -1.11. The summed E-state index contributed by atoms with van der Waals surface area (Å²) >= 11 is 11.4. The number of hydrogen-bond donors (Lipinski definition) is 1. The van der Waals surface area contributed by atoms with Crippen LogP contribution >= 0.6 is 23.2 Å². The number of anilines is 2. The van der Waals surface area contributed by atoms with E-state index in [2.05, 4.69) is 10.3 Å². The van der Waals surface area contributed by atoms with Gasteiger partial charge in [0.1, 0.15) is 5.82 Å². The van der Waals surface area contributed by atoms with E-state index in [9.17, 15) is 8.78 Å². The van der Waals surface area contributed by atoms with Crippen molar-refractivity contribution in [2.75, 3.05) is 5.32 Å². The van der Waals surface area contributed by atoms with E-state index in [-0.39, 0.29) is 15.9 Å². The third-order valence-corrected chi connectivity index (χ3v) is 2.51. The molecule has 2 rings (SSSR count). The van der Waals surface area contributed by atoms with Crippen LogP contribution in [0, 0.1) is 11.6 Å². The van der Waals surface area contributed by atoms with Crippen molar-refractivity contribution < 1.29 is 8.78 Å². The van der Waals surface area contributed by atoms with Crippen LogP contribution in [0.1, 0.15) is 0 Å². The predicted molar refractivity (Wildman–Crippen MR) is 63.9 cm³/mol. The number of nitrogens with zero attached hydrogens (tertiary/aromatic N) is 1. The number of nitrogens with one attached hydrogen (secondary N) is 1. The van der Waals surface area contributed by atoms with Gasteiger partial charge in [-0.05, 0) is 24.3 Å². The zero-order chi connectivity index (χ0) is 12.4. The molecule has 0 aliphatic carbocycles. The van der Waals surface area contributed by atoms with Crippen molar-refractivity contribution in [3.05, 3.63) is 52.1 Å². The number of hydrogen-bond acceptors (Lipinski definition) is 2. The quantitative estimate of drug-likeness (QED) is 0.878. The number of aromatic nitrogens is 1. The Hall–Kier alpha value is -1.39. The molecule has 0 radical (unpaired) electrons. The first-order valence-electron chi connectivity index (χ1n) is 4.59. The van der Waals surface area contributed by atoms with E-state index in [0.717, 1.165) is 12.1 Å². The summed E-state index contributed by atoms with van der Waals surface area (Å²) in [6.45, 7) is 0. The van der Waals surface area contributed by atoms with Gasteiger partial charge < -0.3 is 5.32 Å². The summed E-state index contributed by atoms with van der Waals surface area (Å²) in [7, 11) is 0.